The second-order valence-electron chi connectivity index (χ2n) is 4.10. The second-order valence-corrected chi connectivity index (χ2v) is 5.24. The van der Waals surface area contributed by atoms with Gasteiger partial charge in [0.25, 0.3) is 0 Å². The molecule has 0 aliphatic heterocycles. The first-order valence-corrected chi connectivity index (χ1v) is 6.61. The van der Waals surface area contributed by atoms with E-state index in [1.165, 1.54) is 16.0 Å². The maximum atomic E-state index is 7.12. The molecule has 0 aliphatic rings. The summed E-state index contributed by atoms with van der Waals surface area (Å²) in [6, 6.07) is 6.57. The van der Waals surface area contributed by atoms with E-state index in [0.717, 1.165) is 25.0 Å². The summed E-state index contributed by atoms with van der Waals surface area (Å²) in [5, 5.41) is 7.12. The van der Waals surface area contributed by atoms with Crippen LogP contribution in [-0.4, -0.2) is 11.6 Å². The molecule has 1 rings (SSSR count). The molecule has 0 heterocycles. The van der Waals surface area contributed by atoms with Crippen LogP contribution in [0.5, 0.6) is 0 Å². The highest BCUT2D eigenvalue weighted by Gasteiger charge is 1.99. The van der Waals surface area contributed by atoms with Gasteiger partial charge in [0.05, 0.1) is 5.84 Å². The Morgan fingerprint density at radius 1 is 1.31 bits per heavy atom. The minimum absolute atomic E-state index is 0.302. The van der Waals surface area contributed by atoms with E-state index in [1.54, 1.807) is 0 Å². The van der Waals surface area contributed by atoms with Crippen LogP contribution in [-0.2, 0) is 0 Å². The summed E-state index contributed by atoms with van der Waals surface area (Å²) in [6.45, 7) is 4.28. The largest absolute Gasteiger partial charge is 0.388 e. The number of aryl methyl sites for hydroxylation is 2. The zero-order chi connectivity index (χ0) is 12.0. The first-order chi connectivity index (χ1) is 7.59. The lowest BCUT2D eigenvalue weighted by Gasteiger charge is -2.06. The van der Waals surface area contributed by atoms with Crippen molar-refractivity contribution in [3.05, 3.63) is 29.3 Å². The summed E-state index contributed by atoms with van der Waals surface area (Å²) in [6.07, 6.45) is 2.87. The van der Waals surface area contributed by atoms with E-state index in [2.05, 4.69) is 32.0 Å². The molecule has 0 atom stereocenters. The van der Waals surface area contributed by atoms with Gasteiger partial charge in [0.2, 0.25) is 0 Å². The lowest BCUT2D eigenvalue weighted by atomic mass is 10.2. The van der Waals surface area contributed by atoms with Crippen molar-refractivity contribution >= 4 is 17.6 Å². The minimum atomic E-state index is 0.302. The van der Waals surface area contributed by atoms with Gasteiger partial charge >= 0.3 is 0 Å². The number of hydrogen-bond acceptors (Lipinski definition) is 2. The number of nitrogens with one attached hydrogen (secondary N) is 1. The highest BCUT2D eigenvalue weighted by molar-refractivity contribution is 7.99. The van der Waals surface area contributed by atoms with Gasteiger partial charge in [0, 0.05) is 11.3 Å². The number of hydrogen-bond donors (Lipinski definition) is 2. The van der Waals surface area contributed by atoms with Crippen LogP contribution in [0.4, 0.5) is 0 Å². The summed E-state index contributed by atoms with van der Waals surface area (Å²) >= 11 is 1.90. The quantitative estimate of drug-likeness (QED) is 0.344. The van der Waals surface area contributed by atoms with E-state index in [0.29, 0.717) is 5.84 Å². The molecular formula is C13H20N2S. The molecule has 1 aromatic carbocycles. The molecule has 0 aromatic heterocycles. The Hall–Kier alpha value is -0.960. The SMILES string of the molecule is Cc1ccc(SCCCCC(=N)N)c(C)c1. The summed E-state index contributed by atoms with van der Waals surface area (Å²) < 4.78 is 0. The second kappa shape index (κ2) is 6.59. The lowest BCUT2D eigenvalue weighted by Crippen LogP contribution is -2.08. The molecule has 2 nitrogen and oxygen atoms in total. The van der Waals surface area contributed by atoms with E-state index < -0.39 is 0 Å². The van der Waals surface area contributed by atoms with Gasteiger partial charge in [0.15, 0.2) is 0 Å². The molecular weight excluding hydrogens is 216 g/mol. The molecule has 16 heavy (non-hydrogen) atoms. The molecule has 88 valence electrons. The Kier molecular flexibility index (Phi) is 5.39. The highest BCUT2D eigenvalue weighted by Crippen LogP contribution is 2.24. The van der Waals surface area contributed by atoms with Crippen molar-refractivity contribution in [2.45, 2.75) is 38.0 Å². The van der Waals surface area contributed by atoms with Crippen molar-refractivity contribution in [1.82, 2.24) is 0 Å². The third kappa shape index (κ3) is 4.71. The highest BCUT2D eigenvalue weighted by atomic mass is 32.2. The molecule has 0 unspecified atom stereocenters. The number of thioether (sulfide) groups is 1. The van der Waals surface area contributed by atoms with Crippen molar-refractivity contribution < 1.29 is 0 Å². The van der Waals surface area contributed by atoms with Gasteiger partial charge in [-0.05, 0) is 44.1 Å². The summed E-state index contributed by atoms with van der Waals surface area (Å²) in [5.74, 6) is 1.41. The van der Waals surface area contributed by atoms with Crippen molar-refractivity contribution in [1.29, 1.82) is 5.41 Å². The van der Waals surface area contributed by atoms with Gasteiger partial charge in [-0.2, -0.15) is 0 Å². The fourth-order valence-corrected chi connectivity index (χ4v) is 2.58. The van der Waals surface area contributed by atoms with Crippen LogP contribution in [0.15, 0.2) is 23.1 Å². The maximum absolute atomic E-state index is 7.12. The Balaban J connectivity index is 2.29. The number of nitrogens with two attached hydrogens (primary N) is 1. The number of benzene rings is 1. The topological polar surface area (TPSA) is 49.9 Å². The van der Waals surface area contributed by atoms with Crippen LogP contribution in [0.3, 0.4) is 0 Å². The third-order valence-electron chi connectivity index (χ3n) is 2.43. The zero-order valence-corrected chi connectivity index (χ0v) is 10.9. The lowest BCUT2D eigenvalue weighted by molar-refractivity contribution is 0.836. The van der Waals surface area contributed by atoms with E-state index in [9.17, 15) is 0 Å². The predicted octanol–water partition coefficient (Wildman–Crippen LogP) is 3.50. The van der Waals surface area contributed by atoms with Gasteiger partial charge in [-0.1, -0.05) is 17.7 Å². The van der Waals surface area contributed by atoms with Crippen molar-refractivity contribution in [3.8, 4) is 0 Å². The number of unbranched alkanes of at least 4 members (excludes halogenated alkanes) is 1. The summed E-state index contributed by atoms with van der Waals surface area (Å²) in [4.78, 5) is 1.37. The van der Waals surface area contributed by atoms with Crippen LogP contribution in [0.1, 0.15) is 30.4 Å². The summed E-state index contributed by atoms with van der Waals surface area (Å²) in [7, 11) is 0. The Morgan fingerprint density at radius 2 is 2.06 bits per heavy atom. The van der Waals surface area contributed by atoms with Gasteiger partial charge in [-0.25, -0.2) is 0 Å². The number of rotatable bonds is 6. The minimum Gasteiger partial charge on any atom is -0.388 e. The molecule has 0 bridgehead atoms. The van der Waals surface area contributed by atoms with Crippen molar-refractivity contribution in [3.63, 3.8) is 0 Å². The van der Waals surface area contributed by atoms with Gasteiger partial charge < -0.3 is 5.73 Å². The molecule has 0 aliphatic carbocycles. The normalized spacial score (nSPS) is 10.4. The number of amidine groups is 1. The Morgan fingerprint density at radius 3 is 2.69 bits per heavy atom. The van der Waals surface area contributed by atoms with Gasteiger partial charge in [-0.15, -0.1) is 11.8 Å². The van der Waals surface area contributed by atoms with Crippen molar-refractivity contribution in [2.75, 3.05) is 5.75 Å². The fraction of sp³-hybridized carbons (Fsp3) is 0.462. The van der Waals surface area contributed by atoms with E-state index in [4.69, 9.17) is 11.1 Å². The van der Waals surface area contributed by atoms with Crippen LogP contribution in [0.2, 0.25) is 0 Å². The van der Waals surface area contributed by atoms with E-state index in [-0.39, 0.29) is 0 Å². The fourth-order valence-electron chi connectivity index (χ4n) is 1.56. The first-order valence-electron chi connectivity index (χ1n) is 5.62. The van der Waals surface area contributed by atoms with Gasteiger partial charge in [-0.3, -0.25) is 5.41 Å². The van der Waals surface area contributed by atoms with Crippen LogP contribution < -0.4 is 5.73 Å². The first kappa shape index (κ1) is 13.1. The smallest absolute Gasteiger partial charge is 0.0905 e. The molecule has 0 saturated carbocycles. The average Bonchev–Trinajstić information content (AvgIpc) is 2.20. The molecule has 0 radical (unpaired) electrons. The molecule has 3 N–H and O–H groups in total. The van der Waals surface area contributed by atoms with E-state index in [1.807, 2.05) is 11.8 Å². The third-order valence-corrected chi connectivity index (χ3v) is 3.69. The predicted molar refractivity (Wildman–Crippen MR) is 72.4 cm³/mol. The Bertz CT molecular complexity index is 361. The standard InChI is InChI=1S/C13H20N2S/c1-10-6-7-12(11(2)9-10)16-8-4-3-5-13(14)15/h6-7,9H,3-5,8H2,1-2H3,(H3,14,15). The van der Waals surface area contributed by atoms with E-state index >= 15 is 0 Å². The zero-order valence-electron chi connectivity index (χ0n) is 10.0. The van der Waals surface area contributed by atoms with Crippen LogP contribution >= 0.6 is 11.8 Å². The van der Waals surface area contributed by atoms with Crippen LogP contribution in [0, 0.1) is 19.3 Å². The van der Waals surface area contributed by atoms with Crippen molar-refractivity contribution in [2.24, 2.45) is 5.73 Å². The Labute approximate surface area is 102 Å². The molecule has 1 aromatic rings. The summed E-state index contributed by atoms with van der Waals surface area (Å²) in [5.41, 5.74) is 7.98. The molecule has 0 fully saturated rings. The molecule has 3 heteroatoms. The maximum Gasteiger partial charge on any atom is 0.0905 e. The average molecular weight is 236 g/mol. The molecule has 0 spiro atoms. The molecule has 0 amide bonds. The van der Waals surface area contributed by atoms with Gasteiger partial charge in [0.1, 0.15) is 0 Å². The molecule has 0 saturated heterocycles. The monoisotopic (exact) mass is 236 g/mol. The van der Waals surface area contributed by atoms with Crippen LogP contribution in [0.25, 0.3) is 0 Å².